The van der Waals surface area contributed by atoms with Crippen molar-refractivity contribution in [1.29, 1.82) is 0 Å². The first-order valence-corrected chi connectivity index (χ1v) is 11.0. The maximum Gasteiger partial charge on any atom is 0.258 e. The molecule has 2 aliphatic carbocycles. The molecule has 1 atom stereocenters. The number of carbonyl (C=O) groups is 1. The normalized spacial score (nSPS) is 17.0. The molecule has 1 saturated carbocycles. The highest BCUT2D eigenvalue weighted by Gasteiger charge is 2.30. The number of nitrogens with zero attached hydrogens (tertiary/aromatic N) is 2. The van der Waals surface area contributed by atoms with E-state index in [1.807, 2.05) is 12.1 Å². The van der Waals surface area contributed by atoms with E-state index < -0.39 is 12.0 Å². The molecule has 1 unspecified atom stereocenters. The van der Waals surface area contributed by atoms with E-state index in [0.717, 1.165) is 41.7 Å². The van der Waals surface area contributed by atoms with E-state index in [0.29, 0.717) is 23.3 Å². The Kier molecular flexibility index (Phi) is 4.62. The van der Waals surface area contributed by atoms with E-state index in [1.165, 1.54) is 23.3 Å². The first kappa shape index (κ1) is 18.4. The molecule has 1 aromatic carbocycles. The fourth-order valence-corrected chi connectivity index (χ4v) is 4.96. The topological polar surface area (TPSA) is 87.3 Å². The molecule has 150 valence electrons. The second-order valence-electron chi connectivity index (χ2n) is 7.79. The minimum absolute atomic E-state index is 0.465. The number of hydrogen-bond donors (Lipinski definition) is 1. The Morgan fingerprint density at radius 2 is 1.86 bits per heavy atom. The average Bonchev–Trinajstić information content (AvgIpc) is 3.49. The summed E-state index contributed by atoms with van der Waals surface area (Å²) < 4.78 is 11.8. The lowest BCUT2D eigenvalue weighted by atomic mass is 9.97. The number of thiophene rings is 1. The summed E-state index contributed by atoms with van der Waals surface area (Å²) in [7, 11) is 0. The number of hydrogen-bond acceptors (Lipinski definition) is 6. The van der Waals surface area contributed by atoms with Crippen LogP contribution in [0.2, 0.25) is 0 Å². The van der Waals surface area contributed by atoms with Crippen LogP contribution in [0.25, 0.3) is 10.2 Å². The van der Waals surface area contributed by atoms with Crippen LogP contribution in [0.15, 0.2) is 24.3 Å². The van der Waals surface area contributed by atoms with Crippen LogP contribution < -0.4 is 15.2 Å². The average molecular weight is 410 g/mol. The standard InChI is InChI=1S/C22H23N3O3S/c1-12(19(23)26)27-14-8-10-15(11-9-14)28-21-18-16-4-2-3-5-17(16)29-22(18)25-20(24-21)13-6-7-13/h8-13H,2-7H2,1H3,(H2,23,26). The van der Waals surface area contributed by atoms with E-state index in [9.17, 15) is 4.79 Å². The Hall–Kier alpha value is -2.67. The van der Waals surface area contributed by atoms with Crippen LogP contribution in [0.5, 0.6) is 17.4 Å². The number of amides is 1. The molecule has 2 heterocycles. The first-order valence-electron chi connectivity index (χ1n) is 10.1. The molecule has 2 aromatic heterocycles. The summed E-state index contributed by atoms with van der Waals surface area (Å²) >= 11 is 1.80. The number of carbonyl (C=O) groups excluding carboxylic acids is 1. The maximum absolute atomic E-state index is 11.2. The number of aromatic nitrogens is 2. The quantitative estimate of drug-likeness (QED) is 0.648. The molecule has 0 radical (unpaired) electrons. The van der Waals surface area contributed by atoms with E-state index in [2.05, 4.69) is 0 Å². The van der Waals surface area contributed by atoms with Crippen molar-refractivity contribution in [2.75, 3.05) is 0 Å². The van der Waals surface area contributed by atoms with Gasteiger partial charge in [0.2, 0.25) is 5.88 Å². The Bertz CT molecular complexity index is 1070. The first-order chi connectivity index (χ1) is 14.1. The minimum Gasteiger partial charge on any atom is -0.481 e. The largest absolute Gasteiger partial charge is 0.481 e. The van der Waals surface area contributed by atoms with Gasteiger partial charge >= 0.3 is 0 Å². The highest BCUT2D eigenvalue weighted by molar-refractivity contribution is 7.18. The fourth-order valence-electron chi connectivity index (χ4n) is 3.70. The van der Waals surface area contributed by atoms with Crippen LogP contribution in [0.1, 0.15) is 54.8 Å². The van der Waals surface area contributed by atoms with Gasteiger partial charge in [-0.05, 0) is 75.3 Å². The second-order valence-corrected chi connectivity index (χ2v) is 8.87. The Labute approximate surface area is 173 Å². The number of fused-ring (bicyclic) bond motifs is 3. The van der Waals surface area contributed by atoms with E-state index >= 15 is 0 Å². The van der Waals surface area contributed by atoms with Crippen LogP contribution in [-0.4, -0.2) is 22.0 Å². The van der Waals surface area contributed by atoms with E-state index in [4.69, 9.17) is 25.2 Å². The van der Waals surface area contributed by atoms with E-state index in [1.54, 1.807) is 30.4 Å². The van der Waals surface area contributed by atoms with Crippen LogP contribution >= 0.6 is 11.3 Å². The molecule has 2 N–H and O–H groups in total. The van der Waals surface area contributed by atoms with Gasteiger partial charge in [0.25, 0.3) is 5.91 Å². The Morgan fingerprint density at radius 3 is 2.59 bits per heavy atom. The molecule has 0 saturated heterocycles. The van der Waals surface area contributed by atoms with Crippen LogP contribution in [-0.2, 0) is 17.6 Å². The zero-order valence-electron chi connectivity index (χ0n) is 16.3. The predicted octanol–water partition coefficient (Wildman–Crippen LogP) is 4.49. The summed E-state index contributed by atoms with van der Waals surface area (Å²) in [5.41, 5.74) is 6.62. The predicted molar refractivity (Wildman–Crippen MR) is 112 cm³/mol. The zero-order chi connectivity index (χ0) is 20.0. The van der Waals surface area contributed by atoms with Gasteiger partial charge in [-0.3, -0.25) is 4.79 Å². The molecule has 0 bridgehead atoms. The summed E-state index contributed by atoms with van der Waals surface area (Å²) in [6.45, 7) is 1.63. The van der Waals surface area contributed by atoms with Crippen LogP contribution in [0, 0.1) is 0 Å². The van der Waals surface area contributed by atoms with Crippen molar-refractivity contribution >= 4 is 27.5 Å². The summed E-state index contributed by atoms with van der Waals surface area (Å²) in [6.07, 6.45) is 6.26. The van der Waals surface area contributed by atoms with Gasteiger partial charge in [-0.25, -0.2) is 4.98 Å². The van der Waals surface area contributed by atoms with Gasteiger partial charge in [0.15, 0.2) is 6.10 Å². The molecule has 7 heteroatoms. The lowest BCUT2D eigenvalue weighted by Crippen LogP contribution is -2.30. The van der Waals surface area contributed by atoms with Gasteiger partial charge < -0.3 is 15.2 Å². The summed E-state index contributed by atoms with van der Waals surface area (Å²) in [5, 5.41) is 1.08. The molecule has 1 fully saturated rings. The highest BCUT2D eigenvalue weighted by Crippen LogP contribution is 2.44. The molecule has 2 aliphatic rings. The summed E-state index contributed by atoms with van der Waals surface area (Å²) in [5.74, 6) is 2.79. The molecule has 3 aromatic rings. The van der Waals surface area contributed by atoms with Crippen molar-refractivity contribution in [1.82, 2.24) is 9.97 Å². The molecule has 29 heavy (non-hydrogen) atoms. The number of ether oxygens (including phenoxy) is 2. The lowest BCUT2D eigenvalue weighted by Gasteiger charge is -2.14. The highest BCUT2D eigenvalue weighted by atomic mass is 32.1. The Balaban J connectivity index is 1.47. The summed E-state index contributed by atoms with van der Waals surface area (Å²) in [4.78, 5) is 23.4. The third-order valence-electron chi connectivity index (χ3n) is 5.49. The fraction of sp³-hybridized carbons (Fsp3) is 0.409. The number of benzene rings is 1. The lowest BCUT2D eigenvalue weighted by molar-refractivity contribution is -0.123. The number of aryl methyl sites for hydroxylation is 2. The van der Waals surface area contributed by atoms with Crippen molar-refractivity contribution in [2.24, 2.45) is 5.73 Å². The zero-order valence-corrected chi connectivity index (χ0v) is 17.1. The van der Waals surface area contributed by atoms with Crippen molar-refractivity contribution in [2.45, 2.75) is 57.5 Å². The summed E-state index contributed by atoms with van der Waals surface area (Å²) in [6, 6.07) is 7.20. The van der Waals surface area contributed by atoms with Gasteiger partial charge in [0, 0.05) is 10.8 Å². The van der Waals surface area contributed by atoms with Gasteiger partial charge in [0.1, 0.15) is 22.2 Å². The third-order valence-corrected chi connectivity index (χ3v) is 6.68. The van der Waals surface area contributed by atoms with Gasteiger partial charge in [-0.2, -0.15) is 4.98 Å². The number of nitrogens with two attached hydrogens (primary N) is 1. The maximum atomic E-state index is 11.2. The molecule has 5 rings (SSSR count). The minimum atomic E-state index is -0.679. The van der Waals surface area contributed by atoms with Crippen molar-refractivity contribution in [3.05, 3.63) is 40.5 Å². The van der Waals surface area contributed by atoms with Gasteiger partial charge in [-0.1, -0.05) is 0 Å². The van der Waals surface area contributed by atoms with Crippen molar-refractivity contribution < 1.29 is 14.3 Å². The number of primary amides is 1. The third kappa shape index (κ3) is 3.67. The van der Waals surface area contributed by atoms with Crippen molar-refractivity contribution in [3.63, 3.8) is 0 Å². The number of rotatable bonds is 6. The molecular formula is C22H23N3O3S. The van der Waals surface area contributed by atoms with Gasteiger partial charge in [-0.15, -0.1) is 11.3 Å². The molecule has 0 spiro atoms. The van der Waals surface area contributed by atoms with Crippen molar-refractivity contribution in [3.8, 4) is 17.4 Å². The smallest absolute Gasteiger partial charge is 0.258 e. The Morgan fingerprint density at radius 1 is 1.14 bits per heavy atom. The second kappa shape index (κ2) is 7.30. The van der Waals surface area contributed by atoms with Crippen LogP contribution in [0.4, 0.5) is 0 Å². The van der Waals surface area contributed by atoms with Gasteiger partial charge in [0.05, 0.1) is 5.39 Å². The van der Waals surface area contributed by atoms with E-state index in [-0.39, 0.29) is 0 Å². The molecule has 0 aliphatic heterocycles. The monoisotopic (exact) mass is 409 g/mol. The molecular weight excluding hydrogens is 386 g/mol. The van der Waals surface area contributed by atoms with Crippen LogP contribution in [0.3, 0.4) is 0 Å². The molecule has 6 nitrogen and oxygen atoms in total. The molecule has 1 amide bonds. The SMILES string of the molecule is CC(Oc1ccc(Oc2nc(C3CC3)nc3sc4c(c23)CCCC4)cc1)C(N)=O.